The molecule has 0 bridgehead atoms. The molecule has 2 aromatic rings. The van der Waals surface area contributed by atoms with Gasteiger partial charge in [-0.2, -0.15) is 26.3 Å². The number of carbonyl (C=O) groups excluding carboxylic acids is 1. The van der Waals surface area contributed by atoms with Crippen LogP contribution in [0.25, 0.3) is 0 Å². The second kappa shape index (κ2) is 9.83. The fourth-order valence-electron chi connectivity index (χ4n) is 3.34. The molecule has 0 heterocycles. The zero-order valence-electron chi connectivity index (χ0n) is 17.5. The van der Waals surface area contributed by atoms with Crippen LogP contribution < -0.4 is 10.6 Å². The SMILES string of the molecule is O=C(CC1CC1)NCc1ccc(NC[C@@](O)(c2cc(Cl)cc(Cl)c2)C(F)(F)F)cc1C(F)(F)F. The van der Waals surface area contributed by atoms with Gasteiger partial charge in [0.05, 0.1) is 12.1 Å². The van der Waals surface area contributed by atoms with Crippen LogP contribution in [0.3, 0.4) is 0 Å². The molecule has 2 aromatic carbocycles. The highest BCUT2D eigenvalue weighted by molar-refractivity contribution is 6.34. The van der Waals surface area contributed by atoms with Gasteiger partial charge >= 0.3 is 12.4 Å². The molecule has 0 radical (unpaired) electrons. The first-order valence-electron chi connectivity index (χ1n) is 10.2. The first kappa shape index (κ1) is 26.4. The van der Waals surface area contributed by atoms with Crippen LogP contribution in [-0.2, 0) is 23.1 Å². The molecule has 1 aliphatic carbocycles. The van der Waals surface area contributed by atoms with Gasteiger partial charge in [0.2, 0.25) is 11.5 Å². The average molecular weight is 529 g/mol. The predicted octanol–water partition coefficient (Wildman–Crippen LogP) is 6.29. The van der Waals surface area contributed by atoms with E-state index in [1.54, 1.807) is 0 Å². The standard InChI is InChI=1S/C22H20Cl2F6N2O2/c23-15-6-14(7-16(24)8-15)20(34,22(28,29)30)11-32-17-4-3-13(18(9-17)21(25,26)27)10-31-19(33)5-12-1-2-12/h3-4,6-9,12,32,34H,1-2,5,10-11H2,(H,31,33)/t20-/m1/s1. The van der Waals surface area contributed by atoms with Crippen LogP contribution in [0, 0.1) is 5.92 Å². The van der Waals surface area contributed by atoms with E-state index in [9.17, 15) is 36.2 Å². The highest BCUT2D eigenvalue weighted by Crippen LogP contribution is 2.41. The van der Waals surface area contributed by atoms with E-state index in [-0.39, 0.29) is 46.1 Å². The van der Waals surface area contributed by atoms with Crippen molar-refractivity contribution in [1.29, 1.82) is 0 Å². The number of anilines is 1. The molecule has 3 N–H and O–H groups in total. The number of hydrogen-bond donors (Lipinski definition) is 3. The third-order valence-corrected chi connectivity index (χ3v) is 5.86. The maximum atomic E-state index is 13.8. The molecule has 1 saturated carbocycles. The van der Waals surface area contributed by atoms with Gasteiger partial charge in [-0.1, -0.05) is 29.3 Å². The topological polar surface area (TPSA) is 61.4 Å². The molecule has 34 heavy (non-hydrogen) atoms. The third-order valence-electron chi connectivity index (χ3n) is 5.42. The summed E-state index contributed by atoms with van der Waals surface area (Å²) in [5.41, 5.74) is -5.83. The number of amides is 1. The minimum Gasteiger partial charge on any atom is -0.381 e. The fourth-order valence-corrected chi connectivity index (χ4v) is 3.87. The van der Waals surface area contributed by atoms with Gasteiger partial charge in [-0.05, 0) is 60.2 Å². The van der Waals surface area contributed by atoms with Crippen molar-refractivity contribution in [3.63, 3.8) is 0 Å². The van der Waals surface area contributed by atoms with Crippen LogP contribution in [0.15, 0.2) is 36.4 Å². The highest BCUT2D eigenvalue weighted by atomic mass is 35.5. The Labute approximate surface area is 201 Å². The summed E-state index contributed by atoms with van der Waals surface area (Å²) in [5, 5.41) is 14.8. The van der Waals surface area contributed by atoms with Gasteiger partial charge < -0.3 is 15.7 Å². The van der Waals surface area contributed by atoms with Crippen molar-refractivity contribution in [2.24, 2.45) is 5.92 Å². The molecule has 3 rings (SSSR count). The number of nitrogens with one attached hydrogen (secondary N) is 2. The molecule has 0 aromatic heterocycles. The van der Waals surface area contributed by atoms with E-state index in [0.29, 0.717) is 6.07 Å². The fraction of sp³-hybridized carbons (Fsp3) is 0.409. The third kappa shape index (κ3) is 6.49. The van der Waals surface area contributed by atoms with Crippen molar-refractivity contribution in [3.05, 3.63) is 63.1 Å². The van der Waals surface area contributed by atoms with Gasteiger partial charge in [0, 0.05) is 28.7 Å². The van der Waals surface area contributed by atoms with E-state index in [1.165, 1.54) is 6.07 Å². The van der Waals surface area contributed by atoms with Crippen molar-refractivity contribution < 1.29 is 36.2 Å². The van der Waals surface area contributed by atoms with E-state index < -0.39 is 35.6 Å². The lowest BCUT2D eigenvalue weighted by atomic mass is 9.92. The average Bonchev–Trinajstić information content (AvgIpc) is 3.52. The first-order valence-corrected chi connectivity index (χ1v) is 10.9. The van der Waals surface area contributed by atoms with Crippen molar-refractivity contribution in [1.82, 2.24) is 5.32 Å². The first-order chi connectivity index (χ1) is 15.7. The Morgan fingerprint density at radius 2 is 1.62 bits per heavy atom. The number of alkyl halides is 6. The molecular weight excluding hydrogens is 509 g/mol. The number of benzene rings is 2. The quantitative estimate of drug-likeness (QED) is 0.353. The Bertz CT molecular complexity index is 1040. The van der Waals surface area contributed by atoms with Crippen LogP contribution >= 0.6 is 23.2 Å². The molecule has 0 unspecified atom stereocenters. The highest BCUT2D eigenvalue weighted by Gasteiger charge is 2.55. The minimum atomic E-state index is -5.20. The summed E-state index contributed by atoms with van der Waals surface area (Å²) in [5.74, 6) is -0.108. The molecule has 1 fully saturated rings. The largest absolute Gasteiger partial charge is 0.423 e. The Kier molecular flexibility index (Phi) is 7.64. The molecule has 186 valence electrons. The Morgan fingerprint density at radius 1 is 1.00 bits per heavy atom. The molecule has 4 nitrogen and oxygen atoms in total. The smallest absolute Gasteiger partial charge is 0.381 e. The molecule has 1 aliphatic rings. The van der Waals surface area contributed by atoms with Gasteiger partial charge in [0.15, 0.2) is 0 Å². The van der Waals surface area contributed by atoms with Crippen LogP contribution in [0.4, 0.5) is 32.0 Å². The Balaban J connectivity index is 1.82. The molecular formula is C22H20Cl2F6N2O2. The summed E-state index contributed by atoms with van der Waals surface area (Å²) in [6, 6.07) is 5.75. The lowest BCUT2D eigenvalue weighted by molar-refractivity contribution is -0.260. The lowest BCUT2D eigenvalue weighted by Crippen LogP contribution is -2.47. The van der Waals surface area contributed by atoms with Crippen LogP contribution in [0.1, 0.15) is 36.0 Å². The molecule has 1 amide bonds. The van der Waals surface area contributed by atoms with E-state index in [0.717, 1.165) is 37.1 Å². The van der Waals surface area contributed by atoms with Crippen LogP contribution in [0.2, 0.25) is 10.0 Å². The van der Waals surface area contributed by atoms with Gasteiger partial charge in [-0.15, -0.1) is 0 Å². The van der Waals surface area contributed by atoms with Crippen molar-refractivity contribution in [2.45, 2.75) is 43.8 Å². The van der Waals surface area contributed by atoms with Crippen LogP contribution in [-0.4, -0.2) is 23.7 Å². The summed E-state index contributed by atoms with van der Waals surface area (Å²) in [6.07, 6.45) is -7.97. The number of rotatable bonds is 8. The summed E-state index contributed by atoms with van der Waals surface area (Å²) >= 11 is 11.5. The second-order valence-corrected chi connectivity index (χ2v) is 9.04. The Hall–Kier alpha value is -2.17. The maximum absolute atomic E-state index is 13.8. The molecule has 0 spiro atoms. The summed E-state index contributed by atoms with van der Waals surface area (Å²) in [6.45, 7) is -1.59. The number of carbonyl (C=O) groups is 1. The van der Waals surface area contributed by atoms with Gasteiger partial charge in [0.1, 0.15) is 0 Å². The minimum absolute atomic E-state index is 0.155. The molecule has 1 atom stereocenters. The number of hydrogen-bond acceptors (Lipinski definition) is 3. The van der Waals surface area contributed by atoms with E-state index >= 15 is 0 Å². The van der Waals surface area contributed by atoms with Crippen molar-refractivity contribution >= 4 is 34.8 Å². The van der Waals surface area contributed by atoms with E-state index in [4.69, 9.17) is 23.2 Å². The molecule has 12 heteroatoms. The zero-order chi connectivity index (χ0) is 25.3. The number of aliphatic hydroxyl groups is 1. The maximum Gasteiger partial charge on any atom is 0.423 e. The normalized spacial score (nSPS) is 16.1. The summed E-state index contributed by atoms with van der Waals surface area (Å²) in [4.78, 5) is 11.8. The monoisotopic (exact) mass is 528 g/mol. The van der Waals surface area contributed by atoms with E-state index in [2.05, 4.69) is 10.6 Å². The van der Waals surface area contributed by atoms with Gasteiger partial charge in [-0.3, -0.25) is 4.79 Å². The van der Waals surface area contributed by atoms with E-state index in [1.807, 2.05) is 0 Å². The van der Waals surface area contributed by atoms with Crippen molar-refractivity contribution in [3.8, 4) is 0 Å². The van der Waals surface area contributed by atoms with Gasteiger partial charge in [-0.25, -0.2) is 0 Å². The van der Waals surface area contributed by atoms with Crippen molar-refractivity contribution in [2.75, 3.05) is 11.9 Å². The molecule has 0 saturated heterocycles. The summed E-state index contributed by atoms with van der Waals surface area (Å²) in [7, 11) is 0. The predicted molar refractivity (Wildman–Crippen MR) is 116 cm³/mol. The zero-order valence-corrected chi connectivity index (χ0v) is 19.0. The lowest BCUT2D eigenvalue weighted by Gasteiger charge is -2.32. The van der Waals surface area contributed by atoms with Gasteiger partial charge in [0.25, 0.3) is 0 Å². The van der Waals surface area contributed by atoms with Crippen LogP contribution in [0.5, 0.6) is 0 Å². The molecule has 0 aliphatic heterocycles. The number of halogens is 8. The second-order valence-electron chi connectivity index (χ2n) is 8.16. The summed E-state index contributed by atoms with van der Waals surface area (Å²) < 4.78 is 82.1. The Morgan fingerprint density at radius 3 is 2.15 bits per heavy atom.